The van der Waals surface area contributed by atoms with Crippen LogP contribution in [0.2, 0.25) is 0 Å². The lowest BCUT2D eigenvalue weighted by Gasteiger charge is -2.46. The van der Waals surface area contributed by atoms with Crippen molar-refractivity contribution in [3.8, 4) is 0 Å². The van der Waals surface area contributed by atoms with Gasteiger partial charge < -0.3 is 49.6 Å². The molecule has 0 saturated carbocycles. The lowest BCUT2D eigenvalue weighted by molar-refractivity contribution is -0.359. The van der Waals surface area contributed by atoms with Gasteiger partial charge in [0.05, 0.1) is 19.8 Å². The zero-order valence-corrected chi connectivity index (χ0v) is 18.5. The molecule has 2 fully saturated rings. The minimum Gasteiger partial charge on any atom is -0.394 e. The molecule has 14 nitrogen and oxygen atoms in total. The minimum atomic E-state index is -5.13. The summed E-state index contributed by atoms with van der Waals surface area (Å²) in [6.07, 6.45) is -16.9. The van der Waals surface area contributed by atoms with Gasteiger partial charge in [0, 0.05) is 0 Å². The first-order valence-electron chi connectivity index (χ1n) is 10.3. The van der Waals surface area contributed by atoms with Crippen LogP contribution < -0.4 is 0 Å². The standard InChI is InChI=1S/C19H28O14S/c20-6-10-12(22)17(33-34(26,27)28)15(25)19(30-10)32-16-11(7-21)31-18(14(24)13(16)23)29-8-9-4-2-1-3-5-9/h1-5,10-25H,6-8H2,(H,26,27,28)/t10-,11-,12+,13-,14-,15-,16-,17+,18-,19+/m1/s1. The second kappa shape index (κ2) is 11.6. The normalized spacial score (nSPS) is 39.1. The van der Waals surface area contributed by atoms with Gasteiger partial charge in [-0.3, -0.25) is 4.55 Å². The quantitative estimate of drug-likeness (QED) is 0.161. The first kappa shape index (κ1) is 27.3. The maximum Gasteiger partial charge on any atom is 0.397 e. The molecule has 0 radical (unpaired) electrons. The van der Waals surface area contributed by atoms with Gasteiger partial charge in [-0.15, -0.1) is 0 Å². The Labute approximate surface area is 194 Å². The van der Waals surface area contributed by atoms with Crippen LogP contribution in [0.15, 0.2) is 30.3 Å². The van der Waals surface area contributed by atoms with Crippen LogP contribution in [0.5, 0.6) is 0 Å². The van der Waals surface area contributed by atoms with Gasteiger partial charge in [-0.1, -0.05) is 30.3 Å². The smallest absolute Gasteiger partial charge is 0.394 e. The molecule has 34 heavy (non-hydrogen) atoms. The predicted octanol–water partition coefficient (Wildman–Crippen LogP) is -3.35. The van der Waals surface area contributed by atoms with Crippen LogP contribution in [0.3, 0.4) is 0 Å². The van der Waals surface area contributed by atoms with E-state index < -0.39 is 85.0 Å². The summed E-state index contributed by atoms with van der Waals surface area (Å²) >= 11 is 0. The molecule has 0 bridgehead atoms. The highest BCUT2D eigenvalue weighted by Gasteiger charge is 2.52. The fourth-order valence-electron chi connectivity index (χ4n) is 3.69. The van der Waals surface area contributed by atoms with E-state index in [1.165, 1.54) is 0 Å². The van der Waals surface area contributed by atoms with E-state index in [0.717, 1.165) is 5.56 Å². The molecule has 2 aliphatic rings. The molecule has 15 heteroatoms. The molecule has 3 rings (SSSR count). The SMILES string of the molecule is O=S(=O)(O)O[C@H]1[C@@H](O)[C@@H](CO)O[C@@H](O[C@H]2[C@H](O)[C@@H](O)[C@H](OCc3ccccc3)O[C@@H]2CO)[C@@H]1O. The van der Waals surface area contributed by atoms with Crippen molar-refractivity contribution in [3.05, 3.63) is 35.9 Å². The number of ether oxygens (including phenoxy) is 4. The van der Waals surface area contributed by atoms with Gasteiger partial charge >= 0.3 is 10.4 Å². The van der Waals surface area contributed by atoms with Gasteiger partial charge in [0.15, 0.2) is 12.6 Å². The molecule has 10 atom stereocenters. The molecular weight excluding hydrogens is 484 g/mol. The maximum absolute atomic E-state index is 11.1. The van der Waals surface area contributed by atoms with Gasteiger partial charge in [-0.25, -0.2) is 4.18 Å². The van der Waals surface area contributed by atoms with E-state index in [9.17, 15) is 39.1 Å². The topological polar surface area (TPSA) is 222 Å². The highest BCUT2D eigenvalue weighted by molar-refractivity contribution is 7.80. The number of aliphatic hydroxyl groups excluding tert-OH is 6. The molecule has 1 aromatic rings. The largest absolute Gasteiger partial charge is 0.397 e. The van der Waals surface area contributed by atoms with Crippen LogP contribution >= 0.6 is 0 Å². The molecule has 2 heterocycles. The number of benzene rings is 1. The Bertz CT molecular complexity index is 867. The highest BCUT2D eigenvalue weighted by atomic mass is 32.3. The molecule has 0 unspecified atom stereocenters. The van der Waals surface area contributed by atoms with E-state index >= 15 is 0 Å². The number of hydrogen-bond donors (Lipinski definition) is 7. The minimum absolute atomic E-state index is 0.0220. The first-order chi connectivity index (χ1) is 16.1. The van der Waals surface area contributed by atoms with Crippen LogP contribution in [0.25, 0.3) is 0 Å². The summed E-state index contributed by atoms with van der Waals surface area (Å²) in [4.78, 5) is 0. The third-order valence-electron chi connectivity index (χ3n) is 5.42. The van der Waals surface area contributed by atoms with Crippen LogP contribution in [0.1, 0.15) is 5.56 Å². The Hall–Kier alpha value is -1.31. The summed E-state index contributed by atoms with van der Waals surface area (Å²) in [5.74, 6) is 0. The monoisotopic (exact) mass is 512 g/mol. The van der Waals surface area contributed by atoms with Crippen molar-refractivity contribution in [3.63, 3.8) is 0 Å². The Morgan fingerprint density at radius 1 is 0.794 bits per heavy atom. The van der Waals surface area contributed by atoms with E-state index in [0.29, 0.717) is 0 Å². The fraction of sp³-hybridized carbons (Fsp3) is 0.684. The van der Waals surface area contributed by atoms with E-state index in [2.05, 4.69) is 4.18 Å². The van der Waals surface area contributed by atoms with E-state index in [1.54, 1.807) is 30.3 Å². The van der Waals surface area contributed by atoms with Crippen molar-refractivity contribution >= 4 is 10.4 Å². The second-order valence-electron chi connectivity index (χ2n) is 7.80. The molecule has 2 saturated heterocycles. The first-order valence-corrected chi connectivity index (χ1v) is 11.6. The molecule has 7 N–H and O–H groups in total. The zero-order valence-electron chi connectivity index (χ0n) is 17.7. The molecular formula is C19H28O14S. The average molecular weight is 512 g/mol. The van der Waals surface area contributed by atoms with Gasteiger partial charge in [0.1, 0.15) is 48.8 Å². The summed E-state index contributed by atoms with van der Waals surface area (Å²) in [5.41, 5.74) is 0.754. The van der Waals surface area contributed by atoms with Crippen LogP contribution in [0.4, 0.5) is 0 Å². The zero-order chi connectivity index (χ0) is 25.0. The number of rotatable bonds is 9. The Balaban J connectivity index is 1.71. The van der Waals surface area contributed by atoms with Crippen LogP contribution in [0, 0.1) is 0 Å². The van der Waals surface area contributed by atoms with Crippen molar-refractivity contribution in [1.82, 2.24) is 0 Å². The third kappa shape index (κ3) is 6.46. The van der Waals surface area contributed by atoms with Crippen LogP contribution in [-0.4, -0.2) is 118 Å². The van der Waals surface area contributed by atoms with Gasteiger partial charge in [-0.2, -0.15) is 8.42 Å². The molecule has 0 amide bonds. The average Bonchev–Trinajstić information content (AvgIpc) is 2.80. The predicted molar refractivity (Wildman–Crippen MR) is 108 cm³/mol. The summed E-state index contributed by atoms with van der Waals surface area (Å²) in [7, 11) is -5.13. The molecule has 0 spiro atoms. The maximum atomic E-state index is 11.1. The summed E-state index contributed by atoms with van der Waals surface area (Å²) in [5, 5.41) is 60.7. The highest BCUT2D eigenvalue weighted by Crippen LogP contribution is 2.31. The van der Waals surface area contributed by atoms with Crippen molar-refractivity contribution in [1.29, 1.82) is 0 Å². The molecule has 0 aromatic heterocycles. The number of aliphatic hydroxyl groups is 6. The third-order valence-corrected chi connectivity index (χ3v) is 5.89. The summed E-state index contributed by atoms with van der Waals surface area (Å²) < 4.78 is 57.1. The Morgan fingerprint density at radius 2 is 1.41 bits per heavy atom. The second-order valence-corrected chi connectivity index (χ2v) is 8.85. The molecule has 194 valence electrons. The summed E-state index contributed by atoms with van der Waals surface area (Å²) in [6, 6.07) is 8.88. The van der Waals surface area contributed by atoms with Crippen molar-refractivity contribution < 1.29 is 66.7 Å². The molecule has 1 aromatic carbocycles. The van der Waals surface area contributed by atoms with Crippen molar-refractivity contribution in [2.75, 3.05) is 13.2 Å². The molecule has 2 aliphatic heterocycles. The van der Waals surface area contributed by atoms with Gasteiger partial charge in [0.25, 0.3) is 0 Å². The fourth-order valence-corrected chi connectivity index (χ4v) is 4.19. The number of hydrogen-bond acceptors (Lipinski definition) is 13. The summed E-state index contributed by atoms with van der Waals surface area (Å²) in [6.45, 7) is -1.56. The van der Waals surface area contributed by atoms with Gasteiger partial charge in [0.2, 0.25) is 0 Å². The van der Waals surface area contributed by atoms with Crippen LogP contribution in [-0.2, 0) is 40.1 Å². The van der Waals surface area contributed by atoms with Gasteiger partial charge in [-0.05, 0) is 5.56 Å². The Kier molecular flexibility index (Phi) is 9.32. The lowest BCUT2D eigenvalue weighted by atomic mass is 9.97. The van der Waals surface area contributed by atoms with E-state index in [-0.39, 0.29) is 6.61 Å². The van der Waals surface area contributed by atoms with E-state index in [4.69, 9.17) is 23.5 Å². The van der Waals surface area contributed by atoms with Crippen molar-refractivity contribution in [2.45, 2.75) is 68.0 Å². The Morgan fingerprint density at radius 3 is 2.00 bits per heavy atom. The van der Waals surface area contributed by atoms with Crippen molar-refractivity contribution in [2.24, 2.45) is 0 Å². The molecule has 0 aliphatic carbocycles. The van der Waals surface area contributed by atoms with E-state index in [1.807, 2.05) is 0 Å². The lowest BCUT2D eigenvalue weighted by Crippen LogP contribution is -2.65.